The molecule has 0 radical (unpaired) electrons. The lowest BCUT2D eigenvalue weighted by molar-refractivity contribution is -0.139. The molecule has 0 fully saturated rings. The first-order valence-electron chi connectivity index (χ1n) is 9.51. The second-order valence-corrected chi connectivity index (χ2v) is 6.76. The van der Waals surface area contributed by atoms with Gasteiger partial charge in [0, 0.05) is 31.6 Å². The lowest BCUT2D eigenvalue weighted by Crippen LogP contribution is -2.42. The molecule has 0 spiro atoms. The van der Waals surface area contributed by atoms with Gasteiger partial charge < -0.3 is 20.7 Å². The Balaban J connectivity index is 0.00000341. The lowest BCUT2D eigenvalue weighted by Gasteiger charge is -2.26. The number of nitrogens with zero attached hydrogens (tertiary/aromatic N) is 1. The fourth-order valence-electron chi connectivity index (χ4n) is 3.28. The van der Waals surface area contributed by atoms with Crippen LogP contribution in [-0.2, 0) is 11.0 Å². The minimum atomic E-state index is -4.47. The number of amides is 1. The van der Waals surface area contributed by atoms with Gasteiger partial charge >= 0.3 is 6.18 Å². The van der Waals surface area contributed by atoms with Crippen molar-refractivity contribution < 1.29 is 22.7 Å². The third kappa shape index (κ3) is 6.74. The van der Waals surface area contributed by atoms with Crippen molar-refractivity contribution in [2.75, 3.05) is 32.1 Å². The number of aliphatic imine (C=N–C) groups is 1. The van der Waals surface area contributed by atoms with Crippen molar-refractivity contribution in [1.82, 2.24) is 10.6 Å². The van der Waals surface area contributed by atoms with Crippen molar-refractivity contribution in [3.63, 3.8) is 0 Å². The third-order valence-corrected chi connectivity index (χ3v) is 4.69. The summed E-state index contributed by atoms with van der Waals surface area (Å²) in [6.07, 6.45) is -4.11. The molecular formula is C21H24F3IN4O2. The van der Waals surface area contributed by atoms with Gasteiger partial charge in [-0.2, -0.15) is 13.2 Å². The van der Waals surface area contributed by atoms with Crippen molar-refractivity contribution in [3.8, 4) is 5.75 Å². The van der Waals surface area contributed by atoms with Gasteiger partial charge in [-0.05, 0) is 23.8 Å². The van der Waals surface area contributed by atoms with Gasteiger partial charge in [-0.15, -0.1) is 24.0 Å². The predicted octanol–water partition coefficient (Wildman–Crippen LogP) is 3.99. The number of halogens is 4. The highest BCUT2D eigenvalue weighted by Gasteiger charge is 2.34. The number of fused-ring (bicyclic) bond motifs is 1. The molecule has 168 valence electrons. The second-order valence-electron chi connectivity index (χ2n) is 6.76. The number of hydrogen-bond donors (Lipinski definition) is 3. The number of para-hydroxylation sites is 2. The largest absolute Gasteiger partial charge is 0.491 e. The van der Waals surface area contributed by atoms with E-state index in [1.807, 2.05) is 24.3 Å². The Morgan fingerprint density at radius 3 is 2.61 bits per heavy atom. The Morgan fingerprint density at radius 1 is 1.16 bits per heavy atom. The number of hydrogen-bond acceptors (Lipinski definition) is 3. The van der Waals surface area contributed by atoms with Crippen LogP contribution >= 0.6 is 24.0 Å². The van der Waals surface area contributed by atoms with Crippen LogP contribution in [0.1, 0.15) is 23.5 Å². The highest BCUT2D eigenvalue weighted by molar-refractivity contribution is 14.0. The van der Waals surface area contributed by atoms with E-state index >= 15 is 0 Å². The van der Waals surface area contributed by atoms with Gasteiger partial charge in [0.15, 0.2) is 5.96 Å². The van der Waals surface area contributed by atoms with E-state index in [4.69, 9.17) is 4.74 Å². The molecule has 0 saturated heterocycles. The van der Waals surface area contributed by atoms with Crippen LogP contribution in [-0.4, -0.2) is 38.6 Å². The van der Waals surface area contributed by atoms with Gasteiger partial charge in [0.1, 0.15) is 12.4 Å². The Labute approximate surface area is 195 Å². The van der Waals surface area contributed by atoms with Crippen molar-refractivity contribution in [2.45, 2.75) is 18.5 Å². The van der Waals surface area contributed by atoms with Gasteiger partial charge in [0.05, 0.1) is 12.1 Å². The van der Waals surface area contributed by atoms with Crippen LogP contribution in [0.4, 0.5) is 18.9 Å². The van der Waals surface area contributed by atoms with E-state index in [0.717, 1.165) is 17.3 Å². The molecule has 3 N–H and O–H groups in total. The summed E-state index contributed by atoms with van der Waals surface area (Å²) in [6, 6.07) is 12.7. The molecular weight excluding hydrogens is 524 g/mol. The molecule has 1 atom stereocenters. The number of benzene rings is 2. The molecule has 3 rings (SSSR count). The van der Waals surface area contributed by atoms with Crippen molar-refractivity contribution in [2.24, 2.45) is 4.99 Å². The number of alkyl halides is 3. The van der Waals surface area contributed by atoms with E-state index < -0.39 is 11.7 Å². The standard InChI is InChI=1S/C21H23F3N4O2.HI/c1-25-20(26-10-11-30-18-9-5-3-7-16(18)21(22,23)24)27-13-14-12-19(29)28-17-8-4-2-6-15(14)17;/h2-9,14H,10-13H2,1H3,(H,28,29)(H2,25,26,27);1H. The molecule has 0 aliphatic carbocycles. The van der Waals surface area contributed by atoms with Gasteiger partial charge in [-0.25, -0.2) is 0 Å². The van der Waals surface area contributed by atoms with Crippen molar-refractivity contribution >= 4 is 41.5 Å². The van der Waals surface area contributed by atoms with Crippen LogP contribution in [0.3, 0.4) is 0 Å². The summed E-state index contributed by atoms with van der Waals surface area (Å²) in [5.74, 6) is 0.217. The molecule has 0 bridgehead atoms. The number of ether oxygens (including phenoxy) is 1. The van der Waals surface area contributed by atoms with Gasteiger partial charge in [-0.1, -0.05) is 30.3 Å². The quantitative estimate of drug-likeness (QED) is 0.221. The van der Waals surface area contributed by atoms with E-state index in [-0.39, 0.29) is 54.7 Å². The lowest BCUT2D eigenvalue weighted by atomic mass is 9.90. The summed E-state index contributed by atoms with van der Waals surface area (Å²) in [7, 11) is 1.59. The monoisotopic (exact) mass is 548 g/mol. The maximum atomic E-state index is 13.0. The van der Waals surface area contributed by atoms with Gasteiger partial charge in [-0.3, -0.25) is 9.79 Å². The van der Waals surface area contributed by atoms with Crippen LogP contribution in [0.5, 0.6) is 5.75 Å². The number of nitrogens with one attached hydrogen (secondary N) is 3. The van der Waals surface area contributed by atoms with Crippen LogP contribution in [0.25, 0.3) is 0 Å². The van der Waals surface area contributed by atoms with E-state index in [1.165, 1.54) is 18.2 Å². The molecule has 1 aliphatic rings. The molecule has 31 heavy (non-hydrogen) atoms. The Morgan fingerprint density at radius 2 is 1.87 bits per heavy atom. The summed E-state index contributed by atoms with van der Waals surface area (Å²) in [5, 5.41) is 9.02. The van der Waals surface area contributed by atoms with E-state index in [0.29, 0.717) is 18.9 Å². The number of anilines is 1. The summed E-state index contributed by atoms with van der Waals surface area (Å²) in [6.45, 7) is 0.776. The maximum Gasteiger partial charge on any atom is 0.419 e. The highest BCUT2D eigenvalue weighted by atomic mass is 127. The fourth-order valence-corrected chi connectivity index (χ4v) is 3.28. The van der Waals surface area contributed by atoms with E-state index in [2.05, 4.69) is 20.9 Å². The average molecular weight is 548 g/mol. The Hall–Kier alpha value is -2.50. The van der Waals surface area contributed by atoms with E-state index in [1.54, 1.807) is 7.05 Å². The zero-order chi connectivity index (χ0) is 21.6. The first kappa shape index (κ1) is 24.8. The fraction of sp³-hybridized carbons (Fsp3) is 0.333. The minimum Gasteiger partial charge on any atom is -0.491 e. The second kappa shape index (κ2) is 11.2. The third-order valence-electron chi connectivity index (χ3n) is 4.69. The normalized spacial score (nSPS) is 15.9. The summed E-state index contributed by atoms with van der Waals surface area (Å²) in [4.78, 5) is 16.0. The van der Waals surface area contributed by atoms with Gasteiger partial charge in [0.2, 0.25) is 5.91 Å². The summed E-state index contributed by atoms with van der Waals surface area (Å²) >= 11 is 0. The predicted molar refractivity (Wildman–Crippen MR) is 124 cm³/mol. The smallest absolute Gasteiger partial charge is 0.419 e. The molecule has 10 heteroatoms. The zero-order valence-electron chi connectivity index (χ0n) is 16.8. The molecule has 6 nitrogen and oxygen atoms in total. The molecule has 1 heterocycles. The number of carbonyl (C=O) groups excluding carboxylic acids is 1. The number of carbonyl (C=O) groups is 1. The Bertz CT molecular complexity index is 921. The SMILES string of the molecule is CN=C(NCCOc1ccccc1C(F)(F)F)NCC1CC(=O)Nc2ccccc21.I. The van der Waals surface area contributed by atoms with E-state index in [9.17, 15) is 18.0 Å². The van der Waals surface area contributed by atoms with Crippen LogP contribution < -0.4 is 20.7 Å². The van der Waals surface area contributed by atoms with Crippen LogP contribution in [0.15, 0.2) is 53.5 Å². The van der Waals surface area contributed by atoms with Crippen LogP contribution in [0.2, 0.25) is 0 Å². The Kier molecular flexibility index (Phi) is 8.96. The van der Waals surface area contributed by atoms with Gasteiger partial charge in [0.25, 0.3) is 0 Å². The molecule has 1 unspecified atom stereocenters. The topological polar surface area (TPSA) is 74.8 Å². The molecule has 2 aromatic carbocycles. The van der Waals surface area contributed by atoms with Crippen molar-refractivity contribution in [3.05, 3.63) is 59.7 Å². The number of rotatable bonds is 6. The van der Waals surface area contributed by atoms with Crippen molar-refractivity contribution in [1.29, 1.82) is 0 Å². The maximum absolute atomic E-state index is 13.0. The molecule has 1 amide bonds. The summed E-state index contributed by atoms with van der Waals surface area (Å²) in [5.41, 5.74) is 1.05. The minimum absolute atomic E-state index is 0. The zero-order valence-corrected chi connectivity index (χ0v) is 19.2. The molecule has 1 aliphatic heterocycles. The summed E-state index contributed by atoms with van der Waals surface area (Å²) < 4.78 is 44.3. The first-order chi connectivity index (χ1) is 14.4. The molecule has 2 aromatic rings. The average Bonchev–Trinajstić information content (AvgIpc) is 2.72. The molecule has 0 saturated carbocycles. The highest BCUT2D eigenvalue weighted by Crippen LogP contribution is 2.35. The number of guanidine groups is 1. The van der Waals surface area contributed by atoms with Crippen LogP contribution in [0, 0.1) is 0 Å². The molecule has 0 aromatic heterocycles. The first-order valence-corrected chi connectivity index (χ1v) is 9.51.